The zero-order valence-electron chi connectivity index (χ0n) is 57.4. The predicted octanol–water partition coefficient (Wildman–Crippen LogP) is -4.08. The summed E-state index contributed by atoms with van der Waals surface area (Å²) in [5.74, 6) is -20.0. The number of aliphatic hydroxyl groups is 2. The van der Waals surface area contributed by atoms with E-state index in [4.69, 9.17) is 11.5 Å². The van der Waals surface area contributed by atoms with E-state index in [-0.39, 0.29) is 75.0 Å². The van der Waals surface area contributed by atoms with Crippen molar-refractivity contribution in [1.29, 1.82) is 0 Å². The van der Waals surface area contributed by atoms with Gasteiger partial charge in [-0.2, -0.15) is 11.8 Å². The predicted molar refractivity (Wildman–Crippen MR) is 356 cm³/mol. The van der Waals surface area contributed by atoms with E-state index in [0.717, 1.165) is 18.7 Å². The van der Waals surface area contributed by atoms with Crippen molar-refractivity contribution in [2.45, 2.75) is 224 Å². The van der Waals surface area contributed by atoms with Crippen molar-refractivity contribution >= 4 is 107 Å². The van der Waals surface area contributed by atoms with Crippen molar-refractivity contribution in [3.8, 4) is 5.75 Å². The van der Waals surface area contributed by atoms with Crippen LogP contribution in [0.5, 0.6) is 5.75 Å². The van der Waals surface area contributed by atoms with Crippen LogP contribution in [0.3, 0.4) is 0 Å². The number of rotatable bonds is 45. The maximum atomic E-state index is 14.6. The second-order valence-corrected chi connectivity index (χ2v) is 26.7. The van der Waals surface area contributed by atoms with Gasteiger partial charge in [0.15, 0.2) is 0 Å². The van der Waals surface area contributed by atoms with E-state index >= 15 is 0 Å². The van der Waals surface area contributed by atoms with Crippen LogP contribution in [0.1, 0.15) is 138 Å². The Hall–Kier alpha value is -9.23. The molecule has 12 amide bonds. The molecule has 1 aromatic carbocycles. The van der Waals surface area contributed by atoms with E-state index in [2.05, 4.69) is 53.2 Å². The van der Waals surface area contributed by atoms with Crippen LogP contribution in [-0.2, 0) is 83.1 Å². The average Bonchev–Trinajstić information content (AvgIpc) is 1.56. The van der Waals surface area contributed by atoms with Crippen molar-refractivity contribution in [2.75, 3.05) is 18.6 Å². The maximum absolute atomic E-state index is 14.6. The molecule has 100 heavy (non-hydrogen) atoms. The molecule has 0 aromatic heterocycles. The standard InChI is InChI=1S/C63H99N13O23S/c1-29(2)23-39(68-52(87)36(64)20-22-100-9)55(90)71-42(27-48(83)84)57(92)69-40(24-30(3)4)54(89)67-38(16-18-46(65)80)62(97)76-21-10-11-45(76)59(94)66-37(17-19-47(81)82)53(88)74-51(33(8)78)61(96)75-50(32(7)77)60(95)72-43(28-49(85)86)58(93)70-41(25-31(5)6)56(91)73-44(63(98)99)26-34-12-14-35(79)15-13-34/h12-15,29-33,36-45,50-51,77-79H,10-11,16-28,64H2,1-9H3,(H2,65,80)(H,66,94)(H,67,89)(H,68,87)(H,69,92)(H,70,93)(H,71,90)(H,72,95)(H,73,91)(H,74,88)(H,75,96)(H,81,82)(H,83,84)(H,85,86)(H,98,99). The first-order valence-electron chi connectivity index (χ1n) is 32.6. The van der Waals surface area contributed by atoms with Crippen LogP contribution in [-0.4, -0.2) is 239 Å². The van der Waals surface area contributed by atoms with E-state index in [1.807, 2.05) is 6.26 Å². The normalized spacial score (nSPS) is 16.7. The fourth-order valence-corrected chi connectivity index (χ4v) is 10.9. The molecular weight excluding hydrogens is 1340 g/mol. The SMILES string of the molecule is CSCCC(N)C(=O)NC(CC(C)C)C(=O)NC(CC(=O)O)C(=O)NC(CC(C)C)C(=O)NC(CCC(N)=O)C(=O)N1CCCC1C(=O)NC(CCC(=O)O)C(=O)NC(C(=O)NC(C(=O)NC(CC(=O)O)C(=O)NC(CC(C)C)C(=O)NC(Cc1ccc(O)cc1)C(=O)O)C(C)O)C(C)O. The molecule has 37 heteroatoms. The van der Waals surface area contributed by atoms with Crippen LogP contribution in [0.15, 0.2) is 24.3 Å². The molecule has 1 saturated heterocycles. The molecule has 14 atom stereocenters. The van der Waals surface area contributed by atoms with E-state index < -0.39 is 218 Å². The van der Waals surface area contributed by atoms with Gasteiger partial charge in [0.2, 0.25) is 70.9 Å². The second kappa shape index (κ2) is 42.7. The minimum absolute atomic E-state index is 0.0495. The summed E-state index contributed by atoms with van der Waals surface area (Å²) < 4.78 is 0. The van der Waals surface area contributed by atoms with Gasteiger partial charge < -0.3 is 105 Å². The number of aliphatic carboxylic acids is 4. The number of carbonyl (C=O) groups is 16. The highest BCUT2D eigenvalue weighted by atomic mass is 32.2. The smallest absolute Gasteiger partial charge is 0.326 e. The van der Waals surface area contributed by atoms with Gasteiger partial charge in [0, 0.05) is 25.8 Å². The van der Waals surface area contributed by atoms with Crippen molar-refractivity contribution in [3.05, 3.63) is 29.8 Å². The lowest BCUT2D eigenvalue weighted by Gasteiger charge is -2.31. The summed E-state index contributed by atoms with van der Waals surface area (Å²) in [7, 11) is 0. The van der Waals surface area contributed by atoms with Crippen LogP contribution >= 0.6 is 11.8 Å². The van der Waals surface area contributed by atoms with Gasteiger partial charge in [-0.3, -0.25) is 71.9 Å². The topological polar surface area (TPSA) is 590 Å². The highest BCUT2D eigenvalue weighted by Crippen LogP contribution is 2.22. The molecule has 0 aliphatic carbocycles. The summed E-state index contributed by atoms with van der Waals surface area (Å²) in [6.45, 7) is 11.9. The molecule has 0 spiro atoms. The number of phenolic OH excluding ortho intramolecular Hbond substituents is 1. The van der Waals surface area contributed by atoms with E-state index in [9.17, 15) is 112 Å². The third-order valence-electron chi connectivity index (χ3n) is 15.5. The summed E-state index contributed by atoms with van der Waals surface area (Å²) in [6.07, 6.45) is -6.91. The Morgan fingerprint density at radius 1 is 0.490 bits per heavy atom. The molecule has 21 N–H and O–H groups in total. The van der Waals surface area contributed by atoms with E-state index in [0.29, 0.717) is 11.3 Å². The number of nitrogens with two attached hydrogens (primary N) is 2. The molecular formula is C63H99N13O23S. The number of benzene rings is 1. The van der Waals surface area contributed by atoms with Crippen LogP contribution in [0.4, 0.5) is 0 Å². The van der Waals surface area contributed by atoms with Gasteiger partial charge >= 0.3 is 23.9 Å². The molecule has 1 aliphatic rings. The second-order valence-electron chi connectivity index (χ2n) is 25.8. The third-order valence-corrected chi connectivity index (χ3v) is 16.2. The molecule has 14 unspecified atom stereocenters. The first-order valence-corrected chi connectivity index (χ1v) is 33.9. The lowest BCUT2D eigenvalue weighted by Crippen LogP contribution is -2.63. The van der Waals surface area contributed by atoms with Crippen LogP contribution in [0.25, 0.3) is 0 Å². The molecule has 36 nitrogen and oxygen atoms in total. The van der Waals surface area contributed by atoms with Gasteiger partial charge in [-0.1, -0.05) is 53.7 Å². The van der Waals surface area contributed by atoms with E-state index in [1.54, 1.807) is 41.5 Å². The molecule has 0 saturated carbocycles. The van der Waals surface area contributed by atoms with Crippen molar-refractivity contribution in [2.24, 2.45) is 29.2 Å². The Labute approximate surface area is 581 Å². The lowest BCUT2D eigenvalue weighted by atomic mass is 10.00. The van der Waals surface area contributed by atoms with Crippen LogP contribution in [0.2, 0.25) is 0 Å². The number of primary amides is 1. The fourth-order valence-electron chi connectivity index (χ4n) is 10.4. The molecule has 560 valence electrons. The van der Waals surface area contributed by atoms with Gasteiger partial charge in [-0.15, -0.1) is 0 Å². The summed E-state index contributed by atoms with van der Waals surface area (Å²) in [4.78, 5) is 215. The molecule has 1 heterocycles. The van der Waals surface area contributed by atoms with Crippen molar-refractivity contribution in [1.82, 2.24) is 58.1 Å². The monoisotopic (exact) mass is 1440 g/mol. The van der Waals surface area contributed by atoms with Gasteiger partial charge in [0.1, 0.15) is 72.2 Å². The number of aromatic hydroxyl groups is 1. The van der Waals surface area contributed by atoms with Gasteiger partial charge in [0.05, 0.1) is 31.1 Å². The highest BCUT2D eigenvalue weighted by molar-refractivity contribution is 7.98. The number of amides is 12. The first kappa shape index (κ1) is 86.9. The fraction of sp³-hybridized carbons (Fsp3) is 0.651. The largest absolute Gasteiger partial charge is 0.508 e. The van der Waals surface area contributed by atoms with E-state index in [1.165, 1.54) is 36.0 Å². The molecule has 1 aliphatic heterocycles. The number of nitrogens with zero attached hydrogens (tertiary/aromatic N) is 1. The molecule has 2 rings (SSSR count). The maximum Gasteiger partial charge on any atom is 0.326 e. The minimum Gasteiger partial charge on any atom is -0.508 e. The van der Waals surface area contributed by atoms with Gasteiger partial charge in [-0.25, -0.2) is 4.79 Å². The zero-order valence-corrected chi connectivity index (χ0v) is 58.2. The first-order chi connectivity index (χ1) is 46.6. The number of thioether (sulfide) groups is 1. The van der Waals surface area contributed by atoms with Crippen molar-refractivity contribution < 1.29 is 112 Å². The molecule has 0 bridgehead atoms. The summed E-state index contributed by atoms with van der Waals surface area (Å²) in [6, 6.07) is -14.6. The number of carboxylic acids is 4. The number of likely N-dealkylation sites (tertiary alicyclic amines) is 1. The minimum atomic E-state index is -2.11. The quantitative estimate of drug-likeness (QED) is 0.0295. The zero-order chi connectivity index (χ0) is 76.0. The van der Waals surface area contributed by atoms with Crippen molar-refractivity contribution in [3.63, 3.8) is 0 Å². The Kier molecular flexibility index (Phi) is 37.1. The number of nitrogens with one attached hydrogen (secondary N) is 10. The Morgan fingerprint density at radius 3 is 1.30 bits per heavy atom. The average molecular weight is 1440 g/mol. The Morgan fingerprint density at radius 2 is 0.880 bits per heavy atom. The van der Waals surface area contributed by atoms with Crippen LogP contribution < -0.4 is 64.6 Å². The molecule has 0 radical (unpaired) electrons. The molecule has 1 fully saturated rings. The number of hydrogen-bond acceptors (Lipinski definition) is 21. The summed E-state index contributed by atoms with van der Waals surface area (Å²) >= 11 is 1.44. The number of phenols is 1. The number of carboxylic acid groups (broad SMARTS) is 4. The number of aliphatic hydroxyl groups excluding tert-OH is 2. The Bertz CT molecular complexity index is 3040. The lowest BCUT2D eigenvalue weighted by molar-refractivity contribution is -0.144. The van der Waals surface area contributed by atoms with Crippen LogP contribution in [0, 0.1) is 17.8 Å². The summed E-state index contributed by atoms with van der Waals surface area (Å²) in [5.41, 5.74) is 11.9. The number of hydrogen-bond donors (Lipinski definition) is 19. The molecule has 1 aromatic rings. The highest BCUT2D eigenvalue weighted by Gasteiger charge is 2.42. The Balaban J connectivity index is 2.43. The third kappa shape index (κ3) is 30.9. The van der Waals surface area contributed by atoms with Gasteiger partial charge in [0.25, 0.3) is 0 Å². The van der Waals surface area contributed by atoms with Gasteiger partial charge in [-0.05, 0) is 113 Å². The summed E-state index contributed by atoms with van der Waals surface area (Å²) in [5, 5.41) is 93.7. The number of carbonyl (C=O) groups excluding carboxylic acids is 12.